The number of carbonyl (C=O) groups is 1. The highest BCUT2D eigenvalue weighted by atomic mass is 16.6. The molecule has 1 aromatic carbocycles. The molecule has 0 radical (unpaired) electrons. The van der Waals surface area contributed by atoms with Crippen molar-refractivity contribution in [2.24, 2.45) is 0 Å². The second kappa shape index (κ2) is 10.6. The number of aromatic nitrogens is 3. The van der Waals surface area contributed by atoms with Crippen LogP contribution in [0.15, 0.2) is 29.2 Å². The molecule has 2 aliphatic carbocycles. The molecule has 10 nitrogen and oxygen atoms in total. The first-order chi connectivity index (χ1) is 19.1. The van der Waals surface area contributed by atoms with Gasteiger partial charge in [0.1, 0.15) is 11.2 Å². The van der Waals surface area contributed by atoms with Crippen LogP contribution in [0.5, 0.6) is 0 Å². The van der Waals surface area contributed by atoms with E-state index in [-0.39, 0.29) is 23.8 Å². The first-order valence-corrected chi connectivity index (χ1v) is 14.6. The Morgan fingerprint density at radius 1 is 1.02 bits per heavy atom. The van der Waals surface area contributed by atoms with E-state index in [4.69, 9.17) is 9.72 Å². The fraction of sp³-hybridized carbons (Fsp3) is 0.600. The molecule has 2 N–H and O–H groups in total. The molecule has 0 spiro atoms. The topological polar surface area (TPSA) is 113 Å². The van der Waals surface area contributed by atoms with Gasteiger partial charge in [-0.15, -0.1) is 0 Å². The Morgan fingerprint density at radius 3 is 2.42 bits per heavy atom. The predicted octanol–water partition coefficient (Wildman–Crippen LogP) is 4.05. The van der Waals surface area contributed by atoms with E-state index in [0.717, 1.165) is 55.1 Å². The number of carbonyl (C=O) groups excluding carboxylic acids is 1. The molecule has 1 saturated heterocycles. The number of benzene rings is 1. The lowest BCUT2D eigenvalue weighted by molar-refractivity contribution is 0.0139. The summed E-state index contributed by atoms with van der Waals surface area (Å²) in [7, 11) is 0. The van der Waals surface area contributed by atoms with Crippen LogP contribution in [-0.4, -0.2) is 79.5 Å². The molecule has 1 aliphatic heterocycles. The van der Waals surface area contributed by atoms with Crippen LogP contribution >= 0.6 is 0 Å². The molecule has 10 heteroatoms. The van der Waals surface area contributed by atoms with Crippen molar-refractivity contribution in [1.29, 1.82) is 0 Å². The van der Waals surface area contributed by atoms with Crippen molar-refractivity contribution in [2.45, 2.75) is 89.6 Å². The molecule has 0 bridgehead atoms. The SMILES string of the molecule is CC(C)(C)OC(=O)N1CCN(Cc2ccc3c(c2)c(=O)n([C@H]2CC[C@H](O)CC2)c2nc(NC4CC4)ncc32)CC1. The molecule has 2 saturated carbocycles. The van der Waals surface area contributed by atoms with Gasteiger partial charge in [-0.05, 0) is 76.3 Å². The lowest BCUT2D eigenvalue weighted by Gasteiger charge is -2.35. The average Bonchev–Trinajstić information content (AvgIpc) is 3.73. The molecule has 3 aliphatic rings. The largest absolute Gasteiger partial charge is 0.444 e. The Balaban J connectivity index is 1.28. The highest BCUT2D eigenvalue weighted by Crippen LogP contribution is 2.33. The summed E-state index contributed by atoms with van der Waals surface area (Å²) in [6.07, 6.45) is 6.38. The van der Waals surface area contributed by atoms with Gasteiger partial charge in [0.05, 0.1) is 6.10 Å². The molecule has 214 valence electrons. The fourth-order valence-electron chi connectivity index (χ4n) is 5.88. The third kappa shape index (κ3) is 5.78. The van der Waals surface area contributed by atoms with Crippen molar-refractivity contribution in [3.05, 3.63) is 40.3 Å². The highest BCUT2D eigenvalue weighted by molar-refractivity contribution is 6.04. The molecule has 40 heavy (non-hydrogen) atoms. The van der Waals surface area contributed by atoms with Crippen LogP contribution in [0.25, 0.3) is 21.8 Å². The number of nitrogens with one attached hydrogen (secondary N) is 1. The van der Waals surface area contributed by atoms with Crippen LogP contribution < -0.4 is 10.9 Å². The van der Waals surface area contributed by atoms with E-state index in [9.17, 15) is 14.7 Å². The zero-order chi connectivity index (χ0) is 28.0. The Kier molecular flexibility index (Phi) is 7.16. The minimum absolute atomic E-state index is 0.00365. The quantitative estimate of drug-likeness (QED) is 0.460. The Morgan fingerprint density at radius 2 is 1.75 bits per heavy atom. The number of fused-ring (bicyclic) bond motifs is 3. The van der Waals surface area contributed by atoms with Crippen molar-refractivity contribution in [3.8, 4) is 0 Å². The maximum atomic E-state index is 14.1. The Bertz CT molecular complexity index is 1460. The number of hydrogen-bond donors (Lipinski definition) is 2. The zero-order valence-electron chi connectivity index (χ0n) is 23.7. The monoisotopic (exact) mass is 548 g/mol. The summed E-state index contributed by atoms with van der Waals surface area (Å²) >= 11 is 0. The highest BCUT2D eigenvalue weighted by Gasteiger charge is 2.28. The molecule has 0 atom stereocenters. The lowest BCUT2D eigenvalue weighted by Crippen LogP contribution is -2.49. The number of anilines is 1. The van der Waals surface area contributed by atoms with Crippen LogP contribution in [0, 0.1) is 0 Å². The molecular weight excluding hydrogens is 508 g/mol. The minimum Gasteiger partial charge on any atom is -0.444 e. The number of pyridine rings is 1. The molecular formula is C30H40N6O4. The smallest absolute Gasteiger partial charge is 0.410 e. The summed E-state index contributed by atoms with van der Waals surface area (Å²) < 4.78 is 7.39. The summed E-state index contributed by atoms with van der Waals surface area (Å²) in [4.78, 5) is 40.1. The lowest BCUT2D eigenvalue weighted by atomic mass is 9.92. The maximum Gasteiger partial charge on any atom is 0.410 e. The van der Waals surface area contributed by atoms with E-state index >= 15 is 0 Å². The summed E-state index contributed by atoms with van der Waals surface area (Å²) in [5.74, 6) is 0.570. The number of rotatable bonds is 5. The van der Waals surface area contributed by atoms with Crippen LogP contribution in [0.4, 0.5) is 10.7 Å². The Labute approximate surface area is 234 Å². The standard InChI is InChI=1S/C30H40N6O4/c1-30(2,3)40-29(39)35-14-12-34(13-15-35)18-19-4-11-23-24(16-19)27(38)36(21-7-9-22(37)10-8-21)26-25(23)17-31-28(33-26)32-20-5-6-20/h4,11,16-17,20-22,37H,5-10,12-15,18H2,1-3H3,(H,31,32,33)/t21-,22-. The molecule has 6 rings (SSSR count). The second-order valence-corrected chi connectivity index (χ2v) is 12.6. The molecule has 3 aromatic rings. The van der Waals surface area contributed by atoms with Crippen molar-refractivity contribution >= 4 is 33.8 Å². The number of nitrogens with zero attached hydrogens (tertiary/aromatic N) is 5. The van der Waals surface area contributed by atoms with Gasteiger partial charge < -0.3 is 20.1 Å². The molecule has 3 heterocycles. The first kappa shape index (κ1) is 27.0. The van der Waals surface area contributed by atoms with E-state index in [1.54, 1.807) is 4.90 Å². The third-order valence-corrected chi connectivity index (χ3v) is 8.19. The van der Waals surface area contributed by atoms with E-state index in [0.29, 0.717) is 55.5 Å². The first-order valence-electron chi connectivity index (χ1n) is 14.6. The number of ether oxygens (including phenoxy) is 1. The van der Waals surface area contributed by atoms with Gasteiger partial charge in [-0.2, -0.15) is 4.98 Å². The van der Waals surface area contributed by atoms with Crippen molar-refractivity contribution in [3.63, 3.8) is 0 Å². The van der Waals surface area contributed by atoms with Crippen LogP contribution in [0.1, 0.15) is 70.9 Å². The minimum atomic E-state index is -0.506. The average molecular weight is 549 g/mol. The number of aliphatic hydroxyl groups is 1. The fourth-order valence-corrected chi connectivity index (χ4v) is 5.88. The van der Waals surface area contributed by atoms with Crippen LogP contribution in [-0.2, 0) is 11.3 Å². The van der Waals surface area contributed by atoms with Crippen LogP contribution in [0.3, 0.4) is 0 Å². The van der Waals surface area contributed by atoms with Crippen molar-refractivity contribution in [2.75, 3.05) is 31.5 Å². The van der Waals surface area contributed by atoms with Gasteiger partial charge in [0.15, 0.2) is 0 Å². The normalized spacial score (nSPS) is 22.6. The van der Waals surface area contributed by atoms with Gasteiger partial charge in [0.25, 0.3) is 5.56 Å². The predicted molar refractivity (Wildman–Crippen MR) is 155 cm³/mol. The Hall–Kier alpha value is -3.24. The van der Waals surface area contributed by atoms with Gasteiger partial charge in [-0.3, -0.25) is 14.3 Å². The van der Waals surface area contributed by atoms with Crippen LogP contribution in [0.2, 0.25) is 0 Å². The van der Waals surface area contributed by atoms with Gasteiger partial charge in [0, 0.05) is 61.8 Å². The van der Waals surface area contributed by atoms with E-state index in [2.05, 4.69) is 21.3 Å². The van der Waals surface area contributed by atoms with Crippen molar-refractivity contribution in [1.82, 2.24) is 24.3 Å². The summed E-state index contributed by atoms with van der Waals surface area (Å²) in [6, 6.07) is 6.53. The van der Waals surface area contributed by atoms with E-state index < -0.39 is 5.60 Å². The number of aliphatic hydroxyl groups excluding tert-OH is 1. The van der Waals surface area contributed by atoms with Crippen molar-refractivity contribution < 1.29 is 14.6 Å². The van der Waals surface area contributed by atoms with Gasteiger partial charge in [-0.25, -0.2) is 9.78 Å². The maximum absolute atomic E-state index is 14.1. The van der Waals surface area contributed by atoms with E-state index in [1.807, 2.05) is 43.7 Å². The zero-order valence-corrected chi connectivity index (χ0v) is 23.7. The number of piperazine rings is 1. The number of amides is 1. The second-order valence-electron chi connectivity index (χ2n) is 12.6. The summed E-state index contributed by atoms with van der Waals surface area (Å²) in [6.45, 7) is 9.06. The molecule has 0 unspecified atom stereocenters. The van der Waals surface area contributed by atoms with Gasteiger partial charge in [0.2, 0.25) is 5.95 Å². The number of hydrogen-bond acceptors (Lipinski definition) is 8. The molecule has 1 amide bonds. The van der Waals surface area contributed by atoms with Gasteiger partial charge in [-0.1, -0.05) is 12.1 Å². The van der Waals surface area contributed by atoms with E-state index in [1.165, 1.54) is 0 Å². The molecule has 3 fully saturated rings. The summed E-state index contributed by atoms with van der Waals surface area (Å²) in [5.41, 5.74) is 1.20. The van der Waals surface area contributed by atoms with Gasteiger partial charge >= 0.3 is 6.09 Å². The molecule has 2 aromatic heterocycles. The summed E-state index contributed by atoms with van der Waals surface area (Å²) in [5, 5.41) is 15.9. The third-order valence-electron chi connectivity index (χ3n) is 8.19.